The van der Waals surface area contributed by atoms with Crippen LogP contribution in [0.3, 0.4) is 0 Å². The normalized spacial score (nSPS) is 14.5. The zero-order valence-electron chi connectivity index (χ0n) is 21.8. The smallest absolute Gasteiger partial charge is 0.339 e. The number of benzene rings is 3. The first-order valence-corrected chi connectivity index (χ1v) is 15.1. The Morgan fingerprint density at radius 1 is 1.10 bits per heavy atom. The van der Waals surface area contributed by atoms with Gasteiger partial charge in [0.25, 0.3) is 11.1 Å². The van der Waals surface area contributed by atoms with Crippen LogP contribution in [0.15, 0.2) is 74.9 Å². The van der Waals surface area contributed by atoms with Gasteiger partial charge in [-0.15, -0.1) is 0 Å². The minimum Gasteiger partial charge on any atom is -0.490 e. The van der Waals surface area contributed by atoms with Crippen molar-refractivity contribution in [1.29, 1.82) is 0 Å². The van der Waals surface area contributed by atoms with Crippen molar-refractivity contribution in [3.8, 4) is 11.5 Å². The number of carbonyl (C=O) groups excluding carboxylic acids is 3. The molecule has 0 spiro atoms. The molecule has 1 aliphatic heterocycles. The zero-order chi connectivity index (χ0) is 29.0. The predicted molar refractivity (Wildman–Crippen MR) is 157 cm³/mol. The average molecular weight is 646 g/mol. The van der Waals surface area contributed by atoms with E-state index in [1.807, 2.05) is 31.2 Å². The number of halogens is 1. The van der Waals surface area contributed by atoms with Gasteiger partial charge in [0, 0.05) is 12.6 Å². The minimum absolute atomic E-state index is 0.0717. The molecular formula is C28H25BrN2O7S2. The summed E-state index contributed by atoms with van der Waals surface area (Å²) in [4.78, 5) is 38.2. The van der Waals surface area contributed by atoms with Gasteiger partial charge >= 0.3 is 10.1 Å². The van der Waals surface area contributed by atoms with Crippen molar-refractivity contribution in [2.75, 3.05) is 11.9 Å². The molecule has 0 aromatic heterocycles. The van der Waals surface area contributed by atoms with Crippen LogP contribution in [-0.4, -0.2) is 37.0 Å². The van der Waals surface area contributed by atoms with E-state index in [0.717, 1.165) is 22.9 Å². The molecule has 3 amide bonds. The molecule has 0 unspecified atom stereocenters. The Morgan fingerprint density at radius 2 is 1.80 bits per heavy atom. The third-order valence-electron chi connectivity index (χ3n) is 5.75. The standard InChI is InChI=1S/C28H25BrN2O7S2/c1-4-37-24-14-19(15-25-27(33)31(28(34)39-25)16-20-8-6-5-7-17(20)2)13-23(29)26(24)38-40(35,36)22-11-9-21(10-12-22)30-18(3)32/h5-15H,4,16H2,1-3H3,(H,30,32)/b25-15-. The fourth-order valence-corrected chi connectivity index (χ4v) is 6.27. The Kier molecular flexibility index (Phi) is 9.02. The Hall–Kier alpha value is -3.61. The van der Waals surface area contributed by atoms with Crippen LogP contribution < -0.4 is 14.2 Å². The number of anilines is 1. The summed E-state index contributed by atoms with van der Waals surface area (Å²) < 4.78 is 37.4. The summed E-state index contributed by atoms with van der Waals surface area (Å²) in [7, 11) is -4.26. The summed E-state index contributed by atoms with van der Waals surface area (Å²) >= 11 is 4.19. The van der Waals surface area contributed by atoms with E-state index in [9.17, 15) is 22.8 Å². The van der Waals surface area contributed by atoms with Crippen LogP contribution in [0.1, 0.15) is 30.5 Å². The van der Waals surface area contributed by atoms with E-state index >= 15 is 0 Å². The summed E-state index contributed by atoms with van der Waals surface area (Å²) in [5, 5.41) is 2.19. The largest absolute Gasteiger partial charge is 0.490 e. The molecule has 1 saturated heterocycles. The lowest BCUT2D eigenvalue weighted by Crippen LogP contribution is -2.27. The second kappa shape index (κ2) is 12.3. The van der Waals surface area contributed by atoms with Crippen LogP contribution >= 0.6 is 27.7 Å². The molecule has 208 valence electrons. The van der Waals surface area contributed by atoms with Crippen molar-refractivity contribution in [2.45, 2.75) is 32.2 Å². The van der Waals surface area contributed by atoms with E-state index in [-0.39, 0.29) is 50.1 Å². The van der Waals surface area contributed by atoms with Crippen molar-refractivity contribution in [1.82, 2.24) is 4.90 Å². The van der Waals surface area contributed by atoms with Crippen molar-refractivity contribution >= 4 is 66.6 Å². The molecule has 9 nitrogen and oxygen atoms in total. The summed E-state index contributed by atoms with van der Waals surface area (Å²) in [6.45, 7) is 5.38. The third kappa shape index (κ3) is 6.75. The van der Waals surface area contributed by atoms with Gasteiger partial charge in [-0.05, 0) is 101 Å². The maximum absolute atomic E-state index is 13.1. The molecule has 0 radical (unpaired) electrons. The number of carbonyl (C=O) groups is 3. The average Bonchev–Trinajstić information content (AvgIpc) is 3.15. The topological polar surface area (TPSA) is 119 Å². The maximum Gasteiger partial charge on any atom is 0.339 e. The monoisotopic (exact) mass is 644 g/mol. The number of nitrogens with zero attached hydrogens (tertiary/aromatic N) is 1. The summed E-state index contributed by atoms with van der Waals surface area (Å²) in [5.41, 5.74) is 2.79. The molecule has 1 heterocycles. The quantitative estimate of drug-likeness (QED) is 0.219. The van der Waals surface area contributed by atoms with Gasteiger partial charge < -0.3 is 14.2 Å². The van der Waals surface area contributed by atoms with Gasteiger partial charge in [0.15, 0.2) is 11.5 Å². The fourth-order valence-electron chi connectivity index (χ4n) is 3.83. The van der Waals surface area contributed by atoms with Crippen molar-refractivity contribution < 1.29 is 31.7 Å². The Morgan fingerprint density at radius 3 is 2.45 bits per heavy atom. The number of hydrogen-bond donors (Lipinski definition) is 1. The van der Waals surface area contributed by atoms with Crippen molar-refractivity contribution in [2.24, 2.45) is 0 Å². The van der Waals surface area contributed by atoms with E-state index in [2.05, 4.69) is 21.2 Å². The highest BCUT2D eigenvalue weighted by atomic mass is 79.9. The van der Waals surface area contributed by atoms with Gasteiger partial charge in [0.2, 0.25) is 5.91 Å². The van der Waals surface area contributed by atoms with Crippen molar-refractivity contribution in [3.63, 3.8) is 0 Å². The highest BCUT2D eigenvalue weighted by Crippen LogP contribution is 2.41. The Labute approximate surface area is 244 Å². The molecule has 1 N–H and O–H groups in total. The first kappa shape index (κ1) is 29.4. The van der Waals surface area contributed by atoms with E-state index < -0.39 is 16.0 Å². The summed E-state index contributed by atoms with van der Waals surface area (Å²) in [5.74, 6) is -0.649. The van der Waals surface area contributed by atoms with Crippen LogP contribution in [0.5, 0.6) is 11.5 Å². The third-order valence-corrected chi connectivity index (χ3v) is 8.48. The highest BCUT2D eigenvalue weighted by Gasteiger charge is 2.35. The molecule has 0 bridgehead atoms. The van der Waals surface area contributed by atoms with E-state index in [1.165, 1.54) is 42.2 Å². The fraction of sp³-hybridized carbons (Fsp3) is 0.179. The predicted octanol–water partition coefficient (Wildman–Crippen LogP) is 6.12. The Balaban J connectivity index is 1.60. The molecule has 4 rings (SSSR count). The number of aryl methyl sites for hydroxylation is 1. The zero-order valence-corrected chi connectivity index (χ0v) is 25.0. The maximum atomic E-state index is 13.1. The van der Waals surface area contributed by atoms with Crippen LogP contribution in [-0.2, 0) is 26.3 Å². The van der Waals surface area contributed by atoms with E-state index in [4.69, 9.17) is 8.92 Å². The van der Waals surface area contributed by atoms with Gasteiger partial charge in [0.05, 0.1) is 22.5 Å². The van der Waals surface area contributed by atoms with Gasteiger partial charge in [-0.3, -0.25) is 19.3 Å². The first-order valence-electron chi connectivity index (χ1n) is 12.1. The molecule has 3 aromatic carbocycles. The molecule has 0 aliphatic carbocycles. The number of hydrogen-bond acceptors (Lipinski definition) is 8. The van der Waals surface area contributed by atoms with E-state index in [0.29, 0.717) is 11.3 Å². The van der Waals surface area contributed by atoms with Crippen LogP contribution in [0.25, 0.3) is 6.08 Å². The number of amides is 3. The molecule has 3 aromatic rings. The first-order chi connectivity index (χ1) is 19.0. The molecule has 1 fully saturated rings. The molecular weight excluding hydrogens is 620 g/mol. The lowest BCUT2D eigenvalue weighted by molar-refractivity contribution is -0.123. The van der Waals surface area contributed by atoms with Crippen molar-refractivity contribution in [3.05, 3.63) is 86.7 Å². The second-order valence-electron chi connectivity index (χ2n) is 8.70. The van der Waals surface area contributed by atoms with Gasteiger partial charge in [-0.1, -0.05) is 24.3 Å². The second-order valence-corrected chi connectivity index (χ2v) is 12.1. The molecule has 0 saturated carbocycles. The lowest BCUT2D eigenvalue weighted by Gasteiger charge is -2.15. The highest BCUT2D eigenvalue weighted by molar-refractivity contribution is 9.10. The van der Waals surface area contributed by atoms with Crippen LogP contribution in [0.2, 0.25) is 0 Å². The Bertz CT molecular complexity index is 1620. The number of thioether (sulfide) groups is 1. The lowest BCUT2D eigenvalue weighted by atomic mass is 10.1. The van der Waals surface area contributed by atoms with Gasteiger partial charge in [-0.25, -0.2) is 0 Å². The van der Waals surface area contributed by atoms with Crippen LogP contribution in [0, 0.1) is 6.92 Å². The molecule has 1 aliphatic rings. The van der Waals surface area contributed by atoms with E-state index in [1.54, 1.807) is 19.1 Å². The van der Waals surface area contributed by atoms with Gasteiger partial charge in [0.1, 0.15) is 4.90 Å². The molecule has 0 atom stereocenters. The number of imide groups is 1. The SMILES string of the molecule is CCOc1cc(/C=C2\SC(=O)N(Cc3ccccc3C)C2=O)cc(Br)c1OS(=O)(=O)c1ccc(NC(C)=O)cc1. The number of nitrogens with one attached hydrogen (secondary N) is 1. The summed E-state index contributed by atoms with van der Waals surface area (Å²) in [6.07, 6.45) is 1.55. The molecule has 12 heteroatoms. The molecule has 40 heavy (non-hydrogen) atoms. The minimum atomic E-state index is -4.26. The number of ether oxygens (including phenoxy) is 1. The van der Waals surface area contributed by atoms with Gasteiger partial charge in [-0.2, -0.15) is 8.42 Å². The van der Waals surface area contributed by atoms with Crippen LogP contribution in [0.4, 0.5) is 10.5 Å². The summed E-state index contributed by atoms with van der Waals surface area (Å²) in [6, 6.07) is 16.2. The number of rotatable bonds is 9.